The molecule has 58 heavy (non-hydrogen) atoms. The molecular formula is C43H48N10O5. The smallest absolute Gasteiger partial charge is 0.342 e. The number of carbonyl (C=O) groups is 4. The SMILES string of the molecule is CCCc1cc(C)[nH]c(=O)c1CNC(=O)c1cc(-c2ccc(N3CCN(Cc4ccc5c(c4)CN(N4CCC(=O)NC4=O)C5=O)CC3)nc2)cc2c1cnn2C(C)C. The molecule has 0 radical (unpaired) electrons. The number of aryl methyl sites for hydroxylation is 2. The van der Waals surface area contributed by atoms with E-state index < -0.39 is 6.03 Å². The number of aromatic amines is 1. The minimum atomic E-state index is -0.569. The number of benzene rings is 2. The Morgan fingerprint density at radius 1 is 0.914 bits per heavy atom. The topological polar surface area (TPSA) is 169 Å². The van der Waals surface area contributed by atoms with Crippen LogP contribution in [0.5, 0.6) is 0 Å². The summed E-state index contributed by atoms with van der Waals surface area (Å²) in [4.78, 5) is 76.2. The number of nitrogens with zero attached hydrogens (tertiary/aromatic N) is 7. The van der Waals surface area contributed by atoms with Gasteiger partial charge in [-0.25, -0.2) is 19.8 Å². The molecule has 0 aliphatic carbocycles. The highest BCUT2D eigenvalue weighted by molar-refractivity contribution is 6.08. The highest BCUT2D eigenvalue weighted by Crippen LogP contribution is 2.31. The second-order valence-electron chi connectivity index (χ2n) is 15.6. The molecule has 0 atom stereocenters. The Morgan fingerprint density at radius 2 is 1.72 bits per heavy atom. The van der Waals surface area contributed by atoms with Crippen LogP contribution in [0.1, 0.15) is 88.3 Å². The van der Waals surface area contributed by atoms with Crippen LogP contribution in [-0.4, -0.2) is 91.1 Å². The number of hydrogen-bond acceptors (Lipinski definition) is 9. The fourth-order valence-corrected chi connectivity index (χ4v) is 8.22. The second-order valence-corrected chi connectivity index (χ2v) is 15.6. The molecule has 2 fully saturated rings. The summed E-state index contributed by atoms with van der Waals surface area (Å²) in [5.41, 5.74) is 7.73. The van der Waals surface area contributed by atoms with Crippen LogP contribution in [0.2, 0.25) is 0 Å². The molecule has 0 unspecified atom stereocenters. The Hall–Kier alpha value is -6.35. The maximum absolute atomic E-state index is 13.9. The lowest BCUT2D eigenvalue weighted by atomic mass is 10.00. The molecule has 8 rings (SSSR count). The van der Waals surface area contributed by atoms with Gasteiger partial charge in [0.1, 0.15) is 5.82 Å². The van der Waals surface area contributed by atoms with Crippen molar-refractivity contribution in [1.29, 1.82) is 0 Å². The number of carbonyl (C=O) groups excluding carboxylic acids is 4. The molecule has 15 nitrogen and oxygen atoms in total. The summed E-state index contributed by atoms with van der Waals surface area (Å²) in [5.74, 6) is 0.0274. The van der Waals surface area contributed by atoms with Gasteiger partial charge in [0.25, 0.3) is 17.4 Å². The van der Waals surface area contributed by atoms with E-state index in [1.54, 1.807) is 6.20 Å². The minimum absolute atomic E-state index is 0.0750. The molecule has 0 bridgehead atoms. The normalized spacial score (nSPS) is 16.1. The van der Waals surface area contributed by atoms with E-state index in [-0.39, 0.29) is 48.8 Å². The monoisotopic (exact) mass is 784 g/mol. The van der Waals surface area contributed by atoms with Crippen LogP contribution in [0.3, 0.4) is 0 Å². The van der Waals surface area contributed by atoms with Crippen molar-refractivity contribution in [1.82, 2.24) is 45.3 Å². The van der Waals surface area contributed by atoms with Gasteiger partial charge in [0, 0.05) is 85.7 Å². The summed E-state index contributed by atoms with van der Waals surface area (Å²) in [7, 11) is 0. The number of hydrazine groups is 1. The van der Waals surface area contributed by atoms with E-state index in [1.165, 1.54) is 10.0 Å². The zero-order valence-corrected chi connectivity index (χ0v) is 33.3. The van der Waals surface area contributed by atoms with Gasteiger partial charge in [0.15, 0.2) is 0 Å². The van der Waals surface area contributed by atoms with Crippen molar-refractivity contribution >= 4 is 40.5 Å². The molecule has 5 aromatic rings. The first-order valence-electron chi connectivity index (χ1n) is 20.0. The van der Waals surface area contributed by atoms with Crippen molar-refractivity contribution in [2.45, 2.75) is 72.6 Å². The number of anilines is 1. The van der Waals surface area contributed by atoms with E-state index in [9.17, 15) is 24.0 Å². The van der Waals surface area contributed by atoms with Gasteiger partial charge in [0.2, 0.25) is 5.91 Å². The molecule has 6 heterocycles. The standard InChI is InChI=1S/C43H48N10O5/c1-5-6-29-17-27(4)47-41(56)35(29)22-45-40(55)34-19-31(20-37-36(34)23-46-53(37)26(2)3)30-8-10-38(44-21-30)50-15-13-49(14-16-50)24-28-7-9-33-32(18-28)25-52(42(33)57)51-12-11-39(54)48-43(51)58/h7-10,17-21,23,26H,5-6,11-16,22,24-25H2,1-4H3,(H,45,55)(H,47,56)(H,48,54,58). The molecule has 2 saturated heterocycles. The van der Waals surface area contributed by atoms with E-state index in [0.717, 1.165) is 95.8 Å². The van der Waals surface area contributed by atoms with Crippen LogP contribution in [0, 0.1) is 6.92 Å². The molecule has 2 aromatic carbocycles. The van der Waals surface area contributed by atoms with Crippen LogP contribution in [0.15, 0.2) is 65.7 Å². The number of amides is 5. The third kappa shape index (κ3) is 7.56. The van der Waals surface area contributed by atoms with Gasteiger partial charge in [-0.3, -0.25) is 34.1 Å². The number of piperazine rings is 1. The number of fused-ring (bicyclic) bond motifs is 2. The van der Waals surface area contributed by atoms with Crippen LogP contribution in [-0.2, 0) is 30.8 Å². The molecule has 0 saturated carbocycles. The number of urea groups is 1. The van der Waals surface area contributed by atoms with E-state index in [2.05, 4.69) is 57.4 Å². The number of H-pyrrole nitrogens is 1. The van der Waals surface area contributed by atoms with E-state index in [0.29, 0.717) is 23.2 Å². The van der Waals surface area contributed by atoms with Crippen LogP contribution >= 0.6 is 0 Å². The Labute approximate surface area is 336 Å². The van der Waals surface area contributed by atoms with Gasteiger partial charge < -0.3 is 15.2 Å². The lowest BCUT2D eigenvalue weighted by Gasteiger charge is -2.35. The van der Waals surface area contributed by atoms with E-state index in [4.69, 9.17) is 4.98 Å². The highest BCUT2D eigenvalue weighted by Gasteiger charge is 2.37. The van der Waals surface area contributed by atoms with Gasteiger partial charge in [-0.15, -0.1) is 0 Å². The predicted molar refractivity (Wildman–Crippen MR) is 219 cm³/mol. The Balaban J connectivity index is 0.932. The molecule has 3 aliphatic heterocycles. The molecule has 5 amide bonds. The lowest BCUT2D eigenvalue weighted by Crippen LogP contribution is -2.56. The summed E-state index contributed by atoms with van der Waals surface area (Å²) >= 11 is 0. The van der Waals surface area contributed by atoms with Gasteiger partial charge >= 0.3 is 6.03 Å². The van der Waals surface area contributed by atoms with Crippen molar-refractivity contribution < 1.29 is 19.2 Å². The van der Waals surface area contributed by atoms with E-state index in [1.807, 2.05) is 60.3 Å². The van der Waals surface area contributed by atoms with Gasteiger partial charge in [-0.2, -0.15) is 5.10 Å². The quantitative estimate of drug-likeness (QED) is 0.172. The summed E-state index contributed by atoms with van der Waals surface area (Å²) in [6.45, 7) is 12.6. The van der Waals surface area contributed by atoms with Gasteiger partial charge in [-0.1, -0.05) is 25.5 Å². The molecule has 3 N–H and O–H groups in total. The predicted octanol–water partition coefficient (Wildman–Crippen LogP) is 4.69. The lowest BCUT2D eigenvalue weighted by molar-refractivity contribution is -0.123. The Bertz CT molecular complexity index is 2480. The van der Waals surface area contributed by atoms with Crippen LogP contribution < -0.4 is 21.1 Å². The third-order valence-corrected chi connectivity index (χ3v) is 11.2. The first-order valence-corrected chi connectivity index (χ1v) is 20.0. The second kappa shape index (κ2) is 15.9. The molecular weight excluding hydrogens is 737 g/mol. The zero-order valence-electron chi connectivity index (χ0n) is 33.3. The van der Waals surface area contributed by atoms with Gasteiger partial charge in [0.05, 0.1) is 30.4 Å². The first kappa shape index (κ1) is 38.5. The fourth-order valence-electron chi connectivity index (χ4n) is 8.22. The summed E-state index contributed by atoms with van der Waals surface area (Å²) in [5, 5.41) is 13.4. The highest BCUT2D eigenvalue weighted by atomic mass is 16.2. The number of pyridine rings is 2. The summed E-state index contributed by atoms with van der Waals surface area (Å²) < 4.78 is 1.91. The van der Waals surface area contributed by atoms with Crippen molar-refractivity contribution in [2.24, 2.45) is 0 Å². The van der Waals surface area contributed by atoms with Crippen molar-refractivity contribution in [2.75, 3.05) is 37.6 Å². The minimum Gasteiger partial charge on any atom is -0.354 e. The molecule has 15 heteroatoms. The molecule has 300 valence electrons. The maximum Gasteiger partial charge on any atom is 0.342 e. The average molecular weight is 785 g/mol. The number of hydrogen-bond donors (Lipinski definition) is 3. The summed E-state index contributed by atoms with van der Waals surface area (Å²) in [6, 6.07) is 15.3. The Kier molecular flexibility index (Phi) is 10.6. The van der Waals surface area contributed by atoms with Crippen molar-refractivity contribution in [3.8, 4) is 11.1 Å². The number of nitrogens with one attached hydrogen (secondary N) is 3. The maximum atomic E-state index is 13.9. The Morgan fingerprint density at radius 3 is 2.45 bits per heavy atom. The summed E-state index contributed by atoms with van der Waals surface area (Å²) in [6.07, 6.45) is 5.39. The largest absolute Gasteiger partial charge is 0.354 e. The molecule has 0 spiro atoms. The zero-order chi connectivity index (χ0) is 40.7. The number of rotatable bonds is 11. The number of imide groups is 1. The van der Waals surface area contributed by atoms with Gasteiger partial charge in [-0.05, 0) is 85.8 Å². The molecule has 3 aromatic heterocycles. The van der Waals surface area contributed by atoms with E-state index >= 15 is 0 Å². The molecule has 3 aliphatic rings. The first-order chi connectivity index (χ1) is 28.0. The van der Waals surface area contributed by atoms with Crippen LogP contribution in [0.25, 0.3) is 22.0 Å². The van der Waals surface area contributed by atoms with Crippen molar-refractivity contribution in [3.63, 3.8) is 0 Å². The average Bonchev–Trinajstić information content (AvgIpc) is 3.78. The van der Waals surface area contributed by atoms with Crippen LogP contribution in [0.4, 0.5) is 10.6 Å². The third-order valence-electron chi connectivity index (χ3n) is 11.2. The van der Waals surface area contributed by atoms with Crippen molar-refractivity contribution in [3.05, 3.63) is 110 Å². The fraction of sp³-hybridized carbons (Fsp3) is 0.372. The number of aromatic nitrogens is 4.